The summed E-state index contributed by atoms with van der Waals surface area (Å²) < 4.78 is 19.8. The molecule has 2 aromatic heterocycles. The van der Waals surface area contributed by atoms with Gasteiger partial charge in [-0.1, -0.05) is 12.1 Å². The molecule has 27 heavy (non-hydrogen) atoms. The molecule has 0 saturated heterocycles. The topological polar surface area (TPSA) is 77.2 Å². The van der Waals surface area contributed by atoms with Crippen LogP contribution < -0.4 is 0 Å². The van der Waals surface area contributed by atoms with Crippen molar-refractivity contribution in [1.29, 1.82) is 0 Å². The zero-order valence-electron chi connectivity index (χ0n) is 14.9. The lowest BCUT2D eigenvalue weighted by molar-refractivity contribution is 0.0600. The normalized spacial score (nSPS) is 10.8. The van der Waals surface area contributed by atoms with Gasteiger partial charge < -0.3 is 14.4 Å². The van der Waals surface area contributed by atoms with Crippen LogP contribution in [0.3, 0.4) is 0 Å². The molecule has 1 N–H and O–H groups in total. The molecule has 0 atom stereocenters. The number of imidazole rings is 1. The number of aliphatic hydroxyl groups is 1. The van der Waals surface area contributed by atoms with Crippen molar-refractivity contribution in [3.05, 3.63) is 71.4 Å². The van der Waals surface area contributed by atoms with Crippen molar-refractivity contribution < 1.29 is 19.0 Å². The number of hydrogen-bond acceptors (Lipinski definition) is 5. The SMILES string of the molecule is COC(=O)c1ccnc(-c2ncc(CCO)n2CCc2ccc(F)cc2)c1. The Morgan fingerprint density at radius 2 is 1.96 bits per heavy atom. The van der Waals surface area contributed by atoms with Crippen LogP contribution in [0.25, 0.3) is 11.5 Å². The zero-order valence-corrected chi connectivity index (χ0v) is 14.9. The zero-order chi connectivity index (χ0) is 19.2. The van der Waals surface area contributed by atoms with E-state index >= 15 is 0 Å². The standard InChI is InChI=1S/C20H20FN3O3/c1-27-20(26)15-6-9-22-18(12-15)19-23-13-17(8-11-25)24(19)10-7-14-2-4-16(21)5-3-14/h2-6,9,12-13,25H,7-8,10-11H2,1H3. The molecule has 0 aliphatic carbocycles. The van der Waals surface area contributed by atoms with Crippen LogP contribution in [0, 0.1) is 5.82 Å². The van der Waals surface area contributed by atoms with Crippen LogP contribution in [0.2, 0.25) is 0 Å². The van der Waals surface area contributed by atoms with Gasteiger partial charge in [-0.15, -0.1) is 0 Å². The van der Waals surface area contributed by atoms with Gasteiger partial charge in [0.15, 0.2) is 5.82 Å². The smallest absolute Gasteiger partial charge is 0.337 e. The van der Waals surface area contributed by atoms with Crippen molar-refractivity contribution in [2.45, 2.75) is 19.4 Å². The Morgan fingerprint density at radius 1 is 1.19 bits per heavy atom. The first-order valence-corrected chi connectivity index (χ1v) is 8.57. The van der Waals surface area contributed by atoms with Crippen LogP contribution in [0.15, 0.2) is 48.8 Å². The highest BCUT2D eigenvalue weighted by atomic mass is 19.1. The van der Waals surface area contributed by atoms with Crippen LogP contribution in [-0.2, 0) is 24.1 Å². The van der Waals surface area contributed by atoms with Gasteiger partial charge in [-0.25, -0.2) is 14.2 Å². The quantitative estimate of drug-likeness (QED) is 0.648. The maximum Gasteiger partial charge on any atom is 0.337 e. The molecule has 3 aromatic rings. The van der Waals surface area contributed by atoms with E-state index in [-0.39, 0.29) is 12.4 Å². The van der Waals surface area contributed by atoms with E-state index in [4.69, 9.17) is 4.74 Å². The molecule has 1 aromatic carbocycles. The first-order valence-electron chi connectivity index (χ1n) is 8.57. The Hall–Kier alpha value is -3.06. The van der Waals surface area contributed by atoms with Gasteiger partial charge in [0.1, 0.15) is 11.5 Å². The maximum atomic E-state index is 13.1. The molecule has 0 spiro atoms. The summed E-state index contributed by atoms with van der Waals surface area (Å²) in [5, 5.41) is 9.33. The summed E-state index contributed by atoms with van der Waals surface area (Å²) in [5.74, 6) is -0.114. The van der Waals surface area contributed by atoms with Crippen LogP contribution >= 0.6 is 0 Å². The van der Waals surface area contributed by atoms with Gasteiger partial charge >= 0.3 is 5.97 Å². The summed E-state index contributed by atoms with van der Waals surface area (Å²) in [6, 6.07) is 9.56. The number of ether oxygens (including phenoxy) is 1. The second-order valence-electron chi connectivity index (χ2n) is 6.00. The number of carbonyl (C=O) groups is 1. The van der Waals surface area contributed by atoms with E-state index in [0.29, 0.717) is 36.5 Å². The van der Waals surface area contributed by atoms with Crippen molar-refractivity contribution in [3.63, 3.8) is 0 Å². The predicted octanol–water partition coefficient (Wildman–Crippen LogP) is 2.65. The largest absolute Gasteiger partial charge is 0.465 e. The predicted molar refractivity (Wildman–Crippen MR) is 97.7 cm³/mol. The van der Waals surface area contributed by atoms with Crippen LogP contribution in [0.5, 0.6) is 0 Å². The second kappa shape index (κ2) is 8.55. The molecular weight excluding hydrogens is 349 g/mol. The number of aromatic nitrogens is 3. The van der Waals surface area contributed by atoms with Crippen LogP contribution in [0.4, 0.5) is 4.39 Å². The summed E-state index contributed by atoms with van der Waals surface area (Å²) >= 11 is 0. The third-order valence-corrected chi connectivity index (χ3v) is 4.25. The van der Waals surface area contributed by atoms with Crippen molar-refractivity contribution in [1.82, 2.24) is 14.5 Å². The molecule has 0 bridgehead atoms. The highest BCUT2D eigenvalue weighted by Gasteiger charge is 2.15. The van der Waals surface area contributed by atoms with Crippen molar-refractivity contribution in [2.75, 3.05) is 13.7 Å². The summed E-state index contributed by atoms with van der Waals surface area (Å²) in [6.07, 6.45) is 4.35. The van der Waals surface area contributed by atoms with Crippen LogP contribution in [0.1, 0.15) is 21.6 Å². The number of aryl methyl sites for hydroxylation is 1. The second-order valence-corrected chi connectivity index (χ2v) is 6.00. The fraction of sp³-hybridized carbons (Fsp3) is 0.250. The third-order valence-electron chi connectivity index (χ3n) is 4.25. The summed E-state index contributed by atoms with van der Waals surface area (Å²) in [4.78, 5) is 20.5. The number of methoxy groups -OCH3 is 1. The highest BCUT2D eigenvalue weighted by Crippen LogP contribution is 2.20. The van der Waals surface area contributed by atoms with E-state index in [1.165, 1.54) is 25.4 Å². The van der Waals surface area contributed by atoms with E-state index < -0.39 is 5.97 Å². The fourth-order valence-corrected chi connectivity index (χ4v) is 2.87. The lowest BCUT2D eigenvalue weighted by Crippen LogP contribution is -2.10. The molecule has 140 valence electrons. The van der Waals surface area contributed by atoms with E-state index in [2.05, 4.69) is 9.97 Å². The van der Waals surface area contributed by atoms with Gasteiger partial charge in [-0.05, 0) is 36.2 Å². The average Bonchev–Trinajstić information content (AvgIpc) is 3.10. The Labute approximate surface area is 156 Å². The molecule has 0 unspecified atom stereocenters. The van der Waals surface area contributed by atoms with Gasteiger partial charge in [0.05, 0.1) is 12.7 Å². The number of carbonyl (C=O) groups excluding carboxylic acids is 1. The number of aliphatic hydroxyl groups excluding tert-OH is 1. The molecule has 3 rings (SSSR count). The molecule has 0 saturated carbocycles. The Bertz CT molecular complexity index is 922. The van der Waals surface area contributed by atoms with Gasteiger partial charge in [0.2, 0.25) is 0 Å². The van der Waals surface area contributed by atoms with E-state index in [9.17, 15) is 14.3 Å². The van der Waals surface area contributed by atoms with Crippen molar-refractivity contribution >= 4 is 5.97 Å². The monoisotopic (exact) mass is 369 g/mol. The maximum absolute atomic E-state index is 13.1. The molecule has 0 aliphatic rings. The van der Waals surface area contributed by atoms with E-state index in [0.717, 1.165) is 11.3 Å². The molecule has 2 heterocycles. The molecular formula is C20H20FN3O3. The van der Waals surface area contributed by atoms with Gasteiger partial charge in [0.25, 0.3) is 0 Å². The summed E-state index contributed by atoms with van der Waals surface area (Å²) in [5.41, 5.74) is 2.78. The van der Waals surface area contributed by atoms with E-state index in [1.807, 2.05) is 4.57 Å². The van der Waals surface area contributed by atoms with Gasteiger partial charge in [0, 0.05) is 37.7 Å². The molecule has 0 radical (unpaired) electrons. The first kappa shape index (κ1) is 18.7. The number of halogens is 1. The Morgan fingerprint density at radius 3 is 2.67 bits per heavy atom. The Kier molecular flexibility index (Phi) is 5.93. The van der Waals surface area contributed by atoms with E-state index in [1.54, 1.807) is 30.5 Å². The van der Waals surface area contributed by atoms with Gasteiger partial charge in [-0.3, -0.25) is 4.98 Å². The summed E-state index contributed by atoms with van der Waals surface area (Å²) in [7, 11) is 1.32. The minimum atomic E-state index is -0.446. The minimum Gasteiger partial charge on any atom is -0.465 e. The van der Waals surface area contributed by atoms with Crippen molar-refractivity contribution in [3.8, 4) is 11.5 Å². The van der Waals surface area contributed by atoms with Crippen molar-refractivity contribution in [2.24, 2.45) is 0 Å². The highest BCUT2D eigenvalue weighted by molar-refractivity contribution is 5.90. The number of pyridine rings is 1. The number of hydrogen-bond donors (Lipinski definition) is 1. The molecule has 0 amide bonds. The molecule has 0 aliphatic heterocycles. The van der Waals surface area contributed by atoms with Gasteiger partial charge in [-0.2, -0.15) is 0 Å². The molecule has 7 heteroatoms. The number of esters is 1. The lowest BCUT2D eigenvalue weighted by Gasteiger charge is -2.12. The molecule has 6 nitrogen and oxygen atoms in total. The lowest BCUT2D eigenvalue weighted by atomic mass is 10.1. The average molecular weight is 369 g/mol. The third kappa shape index (κ3) is 4.38. The van der Waals surface area contributed by atoms with Crippen LogP contribution in [-0.4, -0.2) is 39.3 Å². The first-order chi connectivity index (χ1) is 13.1. The minimum absolute atomic E-state index is 0.00267. The molecule has 0 fully saturated rings. The summed E-state index contributed by atoms with van der Waals surface area (Å²) in [6.45, 7) is 0.581. The Balaban J connectivity index is 1.91. The fourth-order valence-electron chi connectivity index (χ4n) is 2.87. The number of nitrogens with zero attached hydrogens (tertiary/aromatic N) is 3. The number of rotatable bonds is 7. The number of benzene rings is 1.